The van der Waals surface area contributed by atoms with Crippen molar-refractivity contribution in [2.75, 3.05) is 19.7 Å². The summed E-state index contributed by atoms with van der Waals surface area (Å²) in [5, 5.41) is 8.78. The molecule has 0 aromatic carbocycles. The van der Waals surface area contributed by atoms with Crippen LogP contribution in [0.15, 0.2) is 0 Å². The first-order chi connectivity index (χ1) is 7.15. The Morgan fingerprint density at radius 2 is 2.00 bits per heavy atom. The topological polar surface area (TPSA) is 60.9 Å². The summed E-state index contributed by atoms with van der Waals surface area (Å²) in [4.78, 5) is 26.5. The van der Waals surface area contributed by atoms with Crippen molar-refractivity contribution in [2.45, 2.75) is 31.8 Å². The second-order valence-corrected chi connectivity index (χ2v) is 4.27. The Morgan fingerprint density at radius 1 is 1.33 bits per heavy atom. The molecule has 2 aliphatic rings. The van der Waals surface area contributed by atoms with E-state index in [1.165, 1.54) is 4.90 Å². The molecule has 0 aromatic rings. The van der Waals surface area contributed by atoms with Crippen molar-refractivity contribution in [3.05, 3.63) is 0 Å². The molecule has 5 nitrogen and oxygen atoms in total. The number of amides is 2. The van der Waals surface area contributed by atoms with Crippen molar-refractivity contribution in [3.63, 3.8) is 0 Å². The smallest absolute Gasteiger partial charge is 0.312 e. The summed E-state index contributed by atoms with van der Waals surface area (Å²) in [7, 11) is 0. The predicted octanol–water partition coefficient (Wildman–Crippen LogP) is -0.800. The zero-order valence-electron chi connectivity index (χ0n) is 8.85. The van der Waals surface area contributed by atoms with Crippen molar-refractivity contribution in [1.82, 2.24) is 9.80 Å². The molecule has 15 heavy (non-hydrogen) atoms. The molecule has 1 saturated carbocycles. The molecule has 2 rings (SSSR count). The van der Waals surface area contributed by atoms with Crippen LogP contribution < -0.4 is 0 Å². The predicted molar refractivity (Wildman–Crippen MR) is 53.0 cm³/mol. The molecule has 2 amide bonds. The zero-order chi connectivity index (χ0) is 11.0. The molecule has 1 aliphatic heterocycles. The molecule has 0 bridgehead atoms. The fourth-order valence-corrected chi connectivity index (χ4v) is 2.13. The largest absolute Gasteiger partial charge is 0.395 e. The summed E-state index contributed by atoms with van der Waals surface area (Å²) in [6.45, 7) is 2.66. The molecular weight excluding hydrogens is 196 g/mol. The lowest BCUT2D eigenvalue weighted by molar-refractivity contribution is -0.159. The highest BCUT2D eigenvalue weighted by atomic mass is 16.3. The number of piperazine rings is 1. The van der Waals surface area contributed by atoms with Crippen LogP contribution in [0.2, 0.25) is 0 Å². The number of hydrogen-bond acceptors (Lipinski definition) is 3. The fraction of sp³-hybridized carbons (Fsp3) is 0.800. The highest BCUT2D eigenvalue weighted by Crippen LogP contribution is 2.30. The summed E-state index contributed by atoms with van der Waals surface area (Å²) in [6, 6.07) is 0.363. The third-order valence-corrected chi connectivity index (χ3v) is 2.97. The van der Waals surface area contributed by atoms with Crippen LogP contribution in [0.25, 0.3) is 0 Å². The quantitative estimate of drug-likeness (QED) is 0.623. The number of nitrogens with zero attached hydrogens (tertiary/aromatic N) is 2. The molecule has 1 aliphatic carbocycles. The first-order valence-corrected chi connectivity index (χ1v) is 5.37. The van der Waals surface area contributed by atoms with E-state index >= 15 is 0 Å². The highest BCUT2D eigenvalue weighted by Gasteiger charge is 2.43. The number of carbonyl (C=O) groups is 2. The lowest BCUT2D eigenvalue weighted by Gasteiger charge is -2.38. The molecule has 1 heterocycles. The van der Waals surface area contributed by atoms with Crippen LogP contribution in [0.5, 0.6) is 0 Å². The Morgan fingerprint density at radius 3 is 2.53 bits per heavy atom. The van der Waals surface area contributed by atoms with E-state index in [4.69, 9.17) is 5.11 Å². The lowest BCUT2D eigenvalue weighted by atomic mass is 10.1. The molecule has 84 valence electrons. The average Bonchev–Trinajstić information content (AvgIpc) is 2.98. The van der Waals surface area contributed by atoms with Crippen LogP contribution >= 0.6 is 0 Å². The SMILES string of the molecule is CC1CN(CCO)C(=O)C(=O)N1C1CC1. The molecule has 1 N–H and O–H groups in total. The molecule has 5 heteroatoms. The van der Waals surface area contributed by atoms with Crippen LogP contribution in [-0.4, -0.2) is 58.5 Å². The van der Waals surface area contributed by atoms with Gasteiger partial charge in [0.15, 0.2) is 0 Å². The van der Waals surface area contributed by atoms with Crippen LogP contribution in [-0.2, 0) is 9.59 Å². The van der Waals surface area contributed by atoms with Gasteiger partial charge in [-0.3, -0.25) is 9.59 Å². The van der Waals surface area contributed by atoms with Gasteiger partial charge < -0.3 is 14.9 Å². The van der Waals surface area contributed by atoms with Gasteiger partial charge in [-0.2, -0.15) is 0 Å². The van der Waals surface area contributed by atoms with E-state index in [-0.39, 0.29) is 25.2 Å². The zero-order valence-corrected chi connectivity index (χ0v) is 8.85. The number of hydrogen-bond donors (Lipinski definition) is 1. The minimum atomic E-state index is -0.464. The Kier molecular flexibility index (Phi) is 2.65. The molecule has 2 fully saturated rings. The van der Waals surface area contributed by atoms with Crippen LogP contribution in [0.1, 0.15) is 19.8 Å². The van der Waals surface area contributed by atoms with E-state index in [0.717, 1.165) is 12.8 Å². The standard InChI is InChI=1S/C10H16N2O3/c1-7-6-11(4-5-13)9(14)10(15)12(7)8-2-3-8/h7-8,13H,2-6H2,1H3. The second-order valence-electron chi connectivity index (χ2n) is 4.27. The number of β-amino-alcohol motifs (C(OH)–C–C–N with tert-alkyl or cyclic N) is 1. The van der Waals surface area contributed by atoms with Gasteiger partial charge in [0, 0.05) is 25.2 Å². The van der Waals surface area contributed by atoms with Crippen molar-refractivity contribution in [3.8, 4) is 0 Å². The lowest BCUT2D eigenvalue weighted by Crippen LogP contribution is -2.59. The molecule has 0 spiro atoms. The first kappa shape index (κ1) is 10.4. The Labute approximate surface area is 88.6 Å². The van der Waals surface area contributed by atoms with Gasteiger partial charge in [-0.05, 0) is 19.8 Å². The van der Waals surface area contributed by atoms with Crippen LogP contribution in [0, 0.1) is 0 Å². The number of aliphatic hydroxyl groups excluding tert-OH is 1. The van der Waals surface area contributed by atoms with Crippen molar-refractivity contribution >= 4 is 11.8 Å². The fourth-order valence-electron chi connectivity index (χ4n) is 2.13. The Hall–Kier alpha value is -1.10. The summed E-state index contributed by atoms with van der Waals surface area (Å²) in [6.07, 6.45) is 2.03. The van der Waals surface area contributed by atoms with Crippen molar-refractivity contribution in [2.24, 2.45) is 0 Å². The third-order valence-electron chi connectivity index (χ3n) is 2.97. The van der Waals surface area contributed by atoms with E-state index in [0.29, 0.717) is 6.54 Å². The van der Waals surface area contributed by atoms with E-state index in [1.54, 1.807) is 4.90 Å². The summed E-state index contributed by atoms with van der Waals surface area (Å²) >= 11 is 0. The minimum absolute atomic E-state index is 0.0780. The average molecular weight is 212 g/mol. The first-order valence-electron chi connectivity index (χ1n) is 5.37. The maximum Gasteiger partial charge on any atom is 0.312 e. The van der Waals surface area contributed by atoms with Gasteiger partial charge in [-0.1, -0.05) is 0 Å². The van der Waals surface area contributed by atoms with Gasteiger partial charge in [0.2, 0.25) is 0 Å². The number of carbonyl (C=O) groups excluding carboxylic acids is 2. The van der Waals surface area contributed by atoms with Crippen LogP contribution in [0.4, 0.5) is 0 Å². The van der Waals surface area contributed by atoms with Crippen LogP contribution in [0.3, 0.4) is 0 Å². The van der Waals surface area contributed by atoms with Gasteiger partial charge >= 0.3 is 11.8 Å². The van der Waals surface area contributed by atoms with Gasteiger partial charge in [-0.25, -0.2) is 0 Å². The summed E-state index contributed by atoms with van der Waals surface area (Å²) < 4.78 is 0. The monoisotopic (exact) mass is 212 g/mol. The van der Waals surface area contributed by atoms with E-state index in [2.05, 4.69) is 0 Å². The van der Waals surface area contributed by atoms with E-state index < -0.39 is 11.8 Å². The molecule has 1 atom stereocenters. The highest BCUT2D eigenvalue weighted by molar-refractivity contribution is 6.35. The number of aliphatic hydroxyl groups is 1. The van der Waals surface area contributed by atoms with E-state index in [9.17, 15) is 9.59 Å². The van der Waals surface area contributed by atoms with Gasteiger partial charge in [0.1, 0.15) is 0 Å². The molecule has 0 aromatic heterocycles. The molecule has 0 radical (unpaired) electrons. The molecule has 1 saturated heterocycles. The maximum atomic E-state index is 11.8. The molecule has 1 unspecified atom stereocenters. The maximum absolute atomic E-state index is 11.8. The number of rotatable bonds is 3. The minimum Gasteiger partial charge on any atom is -0.395 e. The Balaban J connectivity index is 2.08. The summed E-state index contributed by atoms with van der Waals surface area (Å²) in [5.41, 5.74) is 0. The van der Waals surface area contributed by atoms with Gasteiger partial charge in [0.05, 0.1) is 6.61 Å². The summed E-state index contributed by atoms with van der Waals surface area (Å²) in [5.74, 6) is -0.862. The molecular formula is C10H16N2O3. The van der Waals surface area contributed by atoms with Crippen molar-refractivity contribution < 1.29 is 14.7 Å². The normalized spacial score (nSPS) is 27.5. The van der Waals surface area contributed by atoms with Gasteiger partial charge in [-0.15, -0.1) is 0 Å². The van der Waals surface area contributed by atoms with Gasteiger partial charge in [0.25, 0.3) is 0 Å². The van der Waals surface area contributed by atoms with Crippen molar-refractivity contribution in [1.29, 1.82) is 0 Å². The third kappa shape index (κ3) is 1.84. The van der Waals surface area contributed by atoms with E-state index in [1.807, 2.05) is 6.92 Å². The second kappa shape index (κ2) is 3.81. The Bertz CT molecular complexity index is 288.